The van der Waals surface area contributed by atoms with Gasteiger partial charge in [-0.15, -0.1) is 11.3 Å². The molecule has 2 heterocycles. The summed E-state index contributed by atoms with van der Waals surface area (Å²) >= 11 is 1.64. The Kier molecular flexibility index (Phi) is 3.83. The van der Waals surface area contributed by atoms with Gasteiger partial charge in [-0.3, -0.25) is 4.79 Å². The third-order valence-corrected chi connectivity index (χ3v) is 4.10. The second kappa shape index (κ2) is 5.93. The summed E-state index contributed by atoms with van der Waals surface area (Å²) in [4.78, 5) is 17.3. The molecule has 4 nitrogen and oxygen atoms in total. The SMILES string of the molecule is Cc1ccc(C=NNC(=O)Cc2c[nH]c3ccccc23)s1. The first-order valence-electron chi connectivity index (χ1n) is 6.66. The van der Waals surface area contributed by atoms with Crippen LogP contribution in [0, 0.1) is 6.92 Å². The fraction of sp³-hybridized carbons (Fsp3) is 0.125. The molecule has 2 aromatic heterocycles. The number of rotatable bonds is 4. The summed E-state index contributed by atoms with van der Waals surface area (Å²) in [5.74, 6) is -0.121. The van der Waals surface area contributed by atoms with Crippen LogP contribution in [0.1, 0.15) is 15.3 Å². The van der Waals surface area contributed by atoms with Crippen molar-refractivity contribution in [1.82, 2.24) is 10.4 Å². The lowest BCUT2D eigenvalue weighted by molar-refractivity contribution is -0.120. The molecule has 0 saturated heterocycles. The van der Waals surface area contributed by atoms with Gasteiger partial charge in [-0.2, -0.15) is 5.10 Å². The van der Waals surface area contributed by atoms with Gasteiger partial charge in [-0.25, -0.2) is 5.43 Å². The molecule has 0 fully saturated rings. The van der Waals surface area contributed by atoms with Crippen molar-refractivity contribution in [3.05, 3.63) is 57.9 Å². The molecule has 21 heavy (non-hydrogen) atoms. The number of hydrogen-bond acceptors (Lipinski definition) is 3. The van der Waals surface area contributed by atoms with Crippen LogP contribution in [0.2, 0.25) is 0 Å². The van der Waals surface area contributed by atoms with Gasteiger partial charge in [0.1, 0.15) is 0 Å². The number of thiophene rings is 1. The summed E-state index contributed by atoms with van der Waals surface area (Å²) in [6, 6.07) is 11.9. The molecule has 0 bridgehead atoms. The monoisotopic (exact) mass is 297 g/mol. The standard InChI is InChI=1S/C16H15N3OS/c1-11-6-7-13(21-11)10-18-19-16(20)8-12-9-17-15-5-3-2-4-14(12)15/h2-7,9-10,17H,8H2,1H3,(H,19,20). The van der Waals surface area contributed by atoms with E-state index >= 15 is 0 Å². The largest absolute Gasteiger partial charge is 0.361 e. The number of H-pyrrole nitrogens is 1. The third kappa shape index (κ3) is 3.20. The van der Waals surface area contributed by atoms with Gasteiger partial charge in [0, 0.05) is 26.9 Å². The molecule has 0 radical (unpaired) electrons. The summed E-state index contributed by atoms with van der Waals surface area (Å²) < 4.78 is 0. The Bertz CT molecular complexity index is 801. The zero-order valence-corrected chi connectivity index (χ0v) is 12.4. The van der Waals surface area contributed by atoms with Crippen LogP contribution in [0.5, 0.6) is 0 Å². The normalized spacial score (nSPS) is 11.3. The van der Waals surface area contributed by atoms with Crippen molar-refractivity contribution >= 4 is 34.4 Å². The van der Waals surface area contributed by atoms with E-state index in [-0.39, 0.29) is 5.91 Å². The molecule has 0 saturated carbocycles. The molecule has 5 heteroatoms. The minimum atomic E-state index is -0.121. The highest BCUT2D eigenvalue weighted by atomic mass is 32.1. The first kappa shape index (κ1) is 13.6. The number of benzene rings is 1. The second-order valence-electron chi connectivity index (χ2n) is 4.78. The predicted octanol–water partition coefficient (Wildman–Crippen LogP) is 3.23. The van der Waals surface area contributed by atoms with Crippen LogP contribution >= 0.6 is 11.3 Å². The highest BCUT2D eigenvalue weighted by Gasteiger charge is 2.07. The smallest absolute Gasteiger partial charge is 0.244 e. The van der Waals surface area contributed by atoms with Crippen molar-refractivity contribution in [1.29, 1.82) is 0 Å². The number of nitrogens with one attached hydrogen (secondary N) is 2. The molecular formula is C16H15N3OS. The van der Waals surface area contributed by atoms with Crippen molar-refractivity contribution in [2.75, 3.05) is 0 Å². The van der Waals surface area contributed by atoms with E-state index in [2.05, 4.69) is 15.5 Å². The summed E-state index contributed by atoms with van der Waals surface area (Å²) in [7, 11) is 0. The number of aromatic amines is 1. The number of para-hydroxylation sites is 1. The van der Waals surface area contributed by atoms with E-state index in [9.17, 15) is 4.79 Å². The number of carbonyl (C=O) groups is 1. The Morgan fingerprint density at radius 3 is 3.00 bits per heavy atom. The van der Waals surface area contributed by atoms with E-state index in [0.29, 0.717) is 6.42 Å². The molecule has 106 valence electrons. The number of aryl methyl sites for hydroxylation is 1. The van der Waals surface area contributed by atoms with Gasteiger partial charge in [-0.05, 0) is 30.7 Å². The Balaban J connectivity index is 1.63. The third-order valence-electron chi connectivity index (χ3n) is 3.17. The molecule has 1 aromatic carbocycles. The van der Waals surface area contributed by atoms with Gasteiger partial charge in [-0.1, -0.05) is 18.2 Å². The van der Waals surface area contributed by atoms with Crippen LogP contribution in [0.15, 0.2) is 47.7 Å². The van der Waals surface area contributed by atoms with E-state index in [1.807, 2.05) is 49.5 Å². The van der Waals surface area contributed by atoms with Crippen LogP contribution in [-0.4, -0.2) is 17.1 Å². The highest BCUT2D eigenvalue weighted by molar-refractivity contribution is 7.13. The average Bonchev–Trinajstić information content (AvgIpc) is 3.06. The van der Waals surface area contributed by atoms with Crippen LogP contribution in [0.3, 0.4) is 0 Å². The summed E-state index contributed by atoms with van der Waals surface area (Å²) in [5.41, 5.74) is 4.58. The minimum absolute atomic E-state index is 0.121. The van der Waals surface area contributed by atoms with E-state index in [1.165, 1.54) is 4.88 Å². The number of carbonyl (C=O) groups excluding carboxylic acids is 1. The molecule has 0 spiro atoms. The lowest BCUT2D eigenvalue weighted by atomic mass is 10.1. The Morgan fingerprint density at radius 2 is 2.19 bits per heavy atom. The Hall–Kier alpha value is -2.40. The van der Waals surface area contributed by atoms with Gasteiger partial charge >= 0.3 is 0 Å². The minimum Gasteiger partial charge on any atom is -0.361 e. The summed E-state index contributed by atoms with van der Waals surface area (Å²) in [6.45, 7) is 2.04. The van der Waals surface area contributed by atoms with Gasteiger partial charge in [0.15, 0.2) is 0 Å². The molecule has 0 aliphatic carbocycles. The number of aromatic nitrogens is 1. The molecule has 3 aromatic rings. The topological polar surface area (TPSA) is 57.2 Å². The van der Waals surface area contributed by atoms with Crippen molar-refractivity contribution in [2.45, 2.75) is 13.3 Å². The molecule has 0 aliphatic heterocycles. The molecule has 0 unspecified atom stereocenters. The number of fused-ring (bicyclic) bond motifs is 1. The number of nitrogens with zero attached hydrogens (tertiary/aromatic N) is 1. The van der Waals surface area contributed by atoms with E-state index in [1.54, 1.807) is 17.6 Å². The second-order valence-corrected chi connectivity index (χ2v) is 6.10. The maximum absolute atomic E-state index is 11.9. The molecule has 1 amide bonds. The first-order valence-corrected chi connectivity index (χ1v) is 7.47. The predicted molar refractivity (Wildman–Crippen MR) is 86.8 cm³/mol. The number of hydrazone groups is 1. The number of amides is 1. The van der Waals surface area contributed by atoms with E-state index in [0.717, 1.165) is 21.3 Å². The molecule has 3 rings (SSSR count). The van der Waals surface area contributed by atoms with Crippen molar-refractivity contribution in [3.8, 4) is 0 Å². The maximum atomic E-state index is 11.9. The molecule has 0 aliphatic rings. The first-order chi connectivity index (χ1) is 10.2. The fourth-order valence-electron chi connectivity index (χ4n) is 2.18. The lowest BCUT2D eigenvalue weighted by Gasteiger charge is -1.98. The van der Waals surface area contributed by atoms with Gasteiger partial charge in [0.2, 0.25) is 5.91 Å². The molecule has 2 N–H and O–H groups in total. The van der Waals surface area contributed by atoms with Crippen molar-refractivity contribution in [3.63, 3.8) is 0 Å². The molecular weight excluding hydrogens is 282 g/mol. The van der Waals surface area contributed by atoms with Crippen LogP contribution in [0.4, 0.5) is 0 Å². The zero-order chi connectivity index (χ0) is 14.7. The number of hydrogen-bond donors (Lipinski definition) is 2. The van der Waals surface area contributed by atoms with E-state index in [4.69, 9.17) is 0 Å². The fourth-order valence-corrected chi connectivity index (χ4v) is 2.93. The summed E-state index contributed by atoms with van der Waals surface area (Å²) in [6.07, 6.45) is 3.85. The van der Waals surface area contributed by atoms with Gasteiger partial charge < -0.3 is 4.98 Å². The Morgan fingerprint density at radius 1 is 1.33 bits per heavy atom. The van der Waals surface area contributed by atoms with Crippen LogP contribution in [-0.2, 0) is 11.2 Å². The quantitative estimate of drug-likeness (QED) is 0.564. The van der Waals surface area contributed by atoms with Gasteiger partial charge in [0.25, 0.3) is 0 Å². The maximum Gasteiger partial charge on any atom is 0.244 e. The van der Waals surface area contributed by atoms with E-state index < -0.39 is 0 Å². The highest BCUT2D eigenvalue weighted by Crippen LogP contribution is 2.18. The van der Waals surface area contributed by atoms with Crippen LogP contribution in [0.25, 0.3) is 10.9 Å². The lowest BCUT2D eigenvalue weighted by Crippen LogP contribution is -2.19. The average molecular weight is 297 g/mol. The Labute approximate surface area is 126 Å². The van der Waals surface area contributed by atoms with Crippen molar-refractivity contribution < 1.29 is 4.79 Å². The molecule has 0 atom stereocenters. The summed E-state index contributed by atoms with van der Waals surface area (Å²) in [5, 5.41) is 5.07. The van der Waals surface area contributed by atoms with Crippen molar-refractivity contribution in [2.24, 2.45) is 5.10 Å². The van der Waals surface area contributed by atoms with Crippen LogP contribution < -0.4 is 5.43 Å². The zero-order valence-electron chi connectivity index (χ0n) is 11.6. The van der Waals surface area contributed by atoms with Gasteiger partial charge in [0.05, 0.1) is 12.6 Å².